The molecule has 0 unspecified atom stereocenters. The Labute approximate surface area is 95.1 Å². The number of rotatable bonds is 5. The third-order valence-corrected chi connectivity index (χ3v) is 2.38. The van der Waals surface area contributed by atoms with Crippen molar-refractivity contribution in [3.63, 3.8) is 0 Å². The van der Waals surface area contributed by atoms with Gasteiger partial charge in [0.15, 0.2) is 11.5 Å². The molecular weight excluding hydrogens is 202 g/mol. The van der Waals surface area contributed by atoms with Crippen LogP contribution in [0.15, 0.2) is 22.6 Å². The van der Waals surface area contributed by atoms with Crippen molar-refractivity contribution in [2.75, 3.05) is 25.0 Å². The lowest BCUT2D eigenvalue weighted by molar-refractivity contribution is 0.561. The van der Waals surface area contributed by atoms with E-state index >= 15 is 0 Å². The number of hydrogen-bond acceptors (Lipinski definition) is 4. The summed E-state index contributed by atoms with van der Waals surface area (Å²) in [4.78, 5) is 4.26. The number of benzene rings is 1. The highest BCUT2D eigenvalue weighted by Crippen LogP contribution is 2.19. The summed E-state index contributed by atoms with van der Waals surface area (Å²) in [5.41, 5.74) is 2.82. The average molecular weight is 219 g/mol. The second-order valence-corrected chi connectivity index (χ2v) is 3.70. The van der Waals surface area contributed by atoms with E-state index in [9.17, 15) is 0 Å². The largest absolute Gasteiger partial charge is 0.441 e. The highest BCUT2D eigenvalue weighted by molar-refractivity contribution is 5.77. The summed E-state index contributed by atoms with van der Waals surface area (Å²) in [7, 11) is 0. The fraction of sp³-hybridized carbons (Fsp3) is 0.417. The van der Waals surface area contributed by atoms with Crippen LogP contribution >= 0.6 is 0 Å². The van der Waals surface area contributed by atoms with Crippen molar-refractivity contribution in [2.24, 2.45) is 0 Å². The number of nitrogens with one attached hydrogen (secondary N) is 2. The molecule has 86 valence electrons. The van der Waals surface area contributed by atoms with Crippen molar-refractivity contribution in [3.05, 3.63) is 24.1 Å². The molecule has 0 aliphatic heterocycles. The monoisotopic (exact) mass is 219 g/mol. The first-order valence-corrected chi connectivity index (χ1v) is 5.61. The topological polar surface area (TPSA) is 50.1 Å². The number of likely N-dealkylation sites (N-methyl/N-ethyl adjacent to an activating group) is 1. The molecule has 0 saturated carbocycles. The summed E-state index contributed by atoms with van der Waals surface area (Å²) in [6.45, 7) is 6.83. The average Bonchev–Trinajstić information content (AvgIpc) is 2.64. The number of nitrogens with zero attached hydrogens (tertiary/aromatic N) is 1. The van der Waals surface area contributed by atoms with Crippen LogP contribution in [0.1, 0.15) is 12.8 Å². The molecule has 1 aromatic carbocycles. The number of aromatic nitrogens is 1. The van der Waals surface area contributed by atoms with Gasteiger partial charge in [0, 0.05) is 31.8 Å². The van der Waals surface area contributed by atoms with Gasteiger partial charge in [-0.3, -0.25) is 0 Å². The number of aryl methyl sites for hydroxylation is 1. The van der Waals surface area contributed by atoms with Gasteiger partial charge in [-0.2, -0.15) is 0 Å². The van der Waals surface area contributed by atoms with Gasteiger partial charge in [0.05, 0.1) is 0 Å². The lowest BCUT2D eigenvalue weighted by atomic mass is 10.3. The summed E-state index contributed by atoms with van der Waals surface area (Å²) in [6, 6.07) is 5.99. The molecule has 4 nitrogen and oxygen atoms in total. The Morgan fingerprint density at radius 3 is 3.00 bits per heavy atom. The van der Waals surface area contributed by atoms with Gasteiger partial charge in [-0.05, 0) is 18.7 Å². The minimum absolute atomic E-state index is 0.708. The van der Waals surface area contributed by atoms with E-state index in [1.807, 2.05) is 25.1 Å². The molecule has 2 N–H and O–H groups in total. The maximum absolute atomic E-state index is 5.47. The van der Waals surface area contributed by atoms with Gasteiger partial charge in [0.1, 0.15) is 5.52 Å². The molecule has 1 heterocycles. The number of fused-ring (bicyclic) bond motifs is 1. The first-order chi connectivity index (χ1) is 7.79. The Bertz CT molecular complexity index is 464. The van der Waals surface area contributed by atoms with Crippen LogP contribution in [-0.2, 0) is 0 Å². The Morgan fingerprint density at radius 1 is 1.31 bits per heavy atom. The molecule has 1 aromatic heterocycles. The second-order valence-electron chi connectivity index (χ2n) is 3.70. The van der Waals surface area contributed by atoms with Crippen LogP contribution in [0.3, 0.4) is 0 Å². The van der Waals surface area contributed by atoms with Gasteiger partial charge in [0.25, 0.3) is 0 Å². The predicted molar refractivity (Wildman–Crippen MR) is 65.8 cm³/mol. The van der Waals surface area contributed by atoms with Crippen molar-refractivity contribution in [1.82, 2.24) is 10.3 Å². The third-order valence-electron chi connectivity index (χ3n) is 2.38. The Morgan fingerprint density at radius 2 is 2.19 bits per heavy atom. The van der Waals surface area contributed by atoms with E-state index in [-0.39, 0.29) is 0 Å². The second kappa shape index (κ2) is 4.99. The standard InChI is InChI=1S/C12H17N3O/c1-3-13-6-7-14-10-4-5-11-12(8-10)16-9(2)15-11/h4-5,8,13-14H,3,6-7H2,1-2H3. The summed E-state index contributed by atoms with van der Waals surface area (Å²) < 4.78 is 5.47. The fourth-order valence-corrected chi connectivity index (χ4v) is 1.62. The molecule has 16 heavy (non-hydrogen) atoms. The molecule has 0 spiro atoms. The van der Waals surface area contributed by atoms with E-state index in [1.54, 1.807) is 0 Å². The van der Waals surface area contributed by atoms with Gasteiger partial charge < -0.3 is 15.1 Å². The molecule has 0 bridgehead atoms. The number of anilines is 1. The SMILES string of the molecule is CCNCCNc1ccc2nc(C)oc2c1. The van der Waals surface area contributed by atoms with Gasteiger partial charge in [-0.25, -0.2) is 4.98 Å². The van der Waals surface area contributed by atoms with E-state index in [2.05, 4.69) is 22.5 Å². The lowest BCUT2D eigenvalue weighted by Crippen LogP contribution is -2.21. The van der Waals surface area contributed by atoms with Crippen molar-refractivity contribution in [2.45, 2.75) is 13.8 Å². The maximum Gasteiger partial charge on any atom is 0.192 e. The van der Waals surface area contributed by atoms with Crippen LogP contribution in [0.5, 0.6) is 0 Å². The number of oxazole rings is 1. The van der Waals surface area contributed by atoms with Crippen molar-refractivity contribution in [1.29, 1.82) is 0 Å². The van der Waals surface area contributed by atoms with Crippen LogP contribution < -0.4 is 10.6 Å². The highest BCUT2D eigenvalue weighted by Gasteiger charge is 2.02. The minimum Gasteiger partial charge on any atom is -0.441 e. The Hall–Kier alpha value is -1.55. The molecule has 0 fully saturated rings. The third kappa shape index (κ3) is 2.52. The first kappa shape index (κ1) is 11.0. The van der Waals surface area contributed by atoms with Crippen LogP contribution in [-0.4, -0.2) is 24.6 Å². The van der Waals surface area contributed by atoms with Crippen LogP contribution in [0.4, 0.5) is 5.69 Å². The normalized spacial score (nSPS) is 10.9. The van der Waals surface area contributed by atoms with Gasteiger partial charge >= 0.3 is 0 Å². The molecule has 0 saturated heterocycles. The molecular formula is C12H17N3O. The molecule has 2 aromatic rings. The first-order valence-electron chi connectivity index (χ1n) is 5.61. The lowest BCUT2D eigenvalue weighted by Gasteiger charge is -2.05. The summed E-state index contributed by atoms with van der Waals surface area (Å²) in [5, 5.41) is 6.59. The smallest absolute Gasteiger partial charge is 0.192 e. The van der Waals surface area contributed by atoms with Crippen molar-refractivity contribution >= 4 is 16.8 Å². The van der Waals surface area contributed by atoms with Crippen LogP contribution in [0, 0.1) is 6.92 Å². The van der Waals surface area contributed by atoms with Crippen molar-refractivity contribution < 1.29 is 4.42 Å². The van der Waals surface area contributed by atoms with E-state index in [4.69, 9.17) is 4.42 Å². The molecule has 4 heteroatoms. The van der Waals surface area contributed by atoms with E-state index < -0.39 is 0 Å². The fourth-order valence-electron chi connectivity index (χ4n) is 1.62. The molecule has 0 atom stereocenters. The zero-order chi connectivity index (χ0) is 11.4. The molecule has 0 amide bonds. The van der Waals surface area contributed by atoms with Gasteiger partial charge in [0.2, 0.25) is 0 Å². The summed E-state index contributed by atoms with van der Waals surface area (Å²) >= 11 is 0. The van der Waals surface area contributed by atoms with Crippen LogP contribution in [0.25, 0.3) is 11.1 Å². The molecule has 0 aliphatic carbocycles. The van der Waals surface area contributed by atoms with E-state index in [0.29, 0.717) is 5.89 Å². The minimum atomic E-state index is 0.708. The Balaban J connectivity index is 2.02. The highest BCUT2D eigenvalue weighted by atomic mass is 16.3. The van der Waals surface area contributed by atoms with Crippen molar-refractivity contribution in [3.8, 4) is 0 Å². The van der Waals surface area contributed by atoms with Gasteiger partial charge in [-0.15, -0.1) is 0 Å². The zero-order valence-corrected chi connectivity index (χ0v) is 9.71. The Kier molecular flexibility index (Phi) is 3.41. The molecule has 0 radical (unpaired) electrons. The molecule has 0 aliphatic rings. The van der Waals surface area contributed by atoms with E-state index in [1.165, 1.54) is 0 Å². The predicted octanol–water partition coefficient (Wildman–Crippen LogP) is 2.16. The molecule has 2 rings (SSSR count). The number of hydrogen-bond donors (Lipinski definition) is 2. The quantitative estimate of drug-likeness (QED) is 0.757. The maximum atomic E-state index is 5.47. The summed E-state index contributed by atoms with van der Waals surface area (Å²) in [5.74, 6) is 0.708. The van der Waals surface area contributed by atoms with Crippen LogP contribution in [0.2, 0.25) is 0 Å². The van der Waals surface area contributed by atoms with Gasteiger partial charge in [-0.1, -0.05) is 6.92 Å². The summed E-state index contributed by atoms with van der Waals surface area (Å²) in [6.07, 6.45) is 0. The zero-order valence-electron chi connectivity index (χ0n) is 9.71. The van der Waals surface area contributed by atoms with E-state index in [0.717, 1.165) is 36.4 Å².